The second-order valence-corrected chi connectivity index (χ2v) is 6.36. The number of piperidine rings is 1. The third-order valence-electron chi connectivity index (χ3n) is 2.54. The Morgan fingerprint density at radius 1 is 1.57 bits per heavy atom. The van der Waals surface area contributed by atoms with Gasteiger partial charge in [0.1, 0.15) is 5.67 Å². The Morgan fingerprint density at radius 2 is 2.43 bits per heavy atom. The van der Waals surface area contributed by atoms with E-state index >= 15 is 0 Å². The predicted octanol–water partition coefficient (Wildman–Crippen LogP) is 3.14. The molecular weight excluding hydrogens is 265 g/mol. The molecule has 0 spiro atoms. The van der Waals surface area contributed by atoms with E-state index in [-0.39, 0.29) is 0 Å². The van der Waals surface area contributed by atoms with Crippen molar-refractivity contribution >= 4 is 27.3 Å². The monoisotopic (exact) mass is 277 g/mol. The topological polar surface area (TPSA) is 12.0 Å². The Morgan fingerprint density at radius 3 is 3.00 bits per heavy atom. The van der Waals surface area contributed by atoms with E-state index in [2.05, 4.69) is 21.2 Å². The van der Waals surface area contributed by atoms with Gasteiger partial charge in [0.25, 0.3) is 0 Å². The van der Waals surface area contributed by atoms with Gasteiger partial charge in [-0.15, -0.1) is 11.3 Å². The average Bonchev–Trinajstić information content (AvgIpc) is 2.51. The van der Waals surface area contributed by atoms with Crippen LogP contribution in [0.4, 0.5) is 4.39 Å². The van der Waals surface area contributed by atoms with Crippen LogP contribution in [0.3, 0.4) is 0 Å². The Kier molecular flexibility index (Phi) is 3.24. The highest BCUT2D eigenvalue weighted by molar-refractivity contribution is 9.11. The van der Waals surface area contributed by atoms with Crippen LogP contribution in [0.25, 0.3) is 0 Å². The lowest BCUT2D eigenvalue weighted by Crippen LogP contribution is -2.43. The summed E-state index contributed by atoms with van der Waals surface area (Å²) in [7, 11) is 0. The second-order valence-electron chi connectivity index (χ2n) is 3.81. The van der Waals surface area contributed by atoms with Crippen LogP contribution in [0.5, 0.6) is 0 Å². The van der Waals surface area contributed by atoms with Crippen LogP contribution in [0.15, 0.2) is 15.9 Å². The Bertz CT molecular complexity index is 307. The van der Waals surface area contributed by atoms with Crippen molar-refractivity contribution in [2.45, 2.75) is 24.9 Å². The van der Waals surface area contributed by atoms with Gasteiger partial charge >= 0.3 is 0 Å². The first kappa shape index (κ1) is 10.6. The molecule has 2 rings (SSSR count). The van der Waals surface area contributed by atoms with Crippen molar-refractivity contribution in [1.29, 1.82) is 0 Å². The average molecular weight is 278 g/mol. The number of nitrogens with one attached hydrogen (secondary N) is 1. The molecule has 0 aliphatic carbocycles. The number of hydrogen-bond donors (Lipinski definition) is 1. The van der Waals surface area contributed by atoms with Gasteiger partial charge in [-0.2, -0.15) is 0 Å². The number of alkyl halides is 1. The molecule has 2 heterocycles. The Balaban J connectivity index is 2.01. The third kappa shape index (κ3) is 2.55. The maximum absolute atomic E-state index is 14.2. The quantitative estimate of drug-likeness (QED) is 0.876. The van der Waals surface area contributed by atoms with Crippen molar-refractivity contribution in [2.24, 2.45) is 0 Å². The van der Waals surface area contributed by atoms with Gasteiger partial charge < -0.3 is 5.32 Å². The van der Waals surface area contributed by atoms with Crippen molar-refractivity contribution in [2.75, 3.05) is 13.1 Å². The number of halogens is 2. The zero-order chi connectivity index (χ0) is 10.0. The molecule has 78 valence electrons. The van der Waals surface area contributed by atoms with Gasteiger partial charge in [-0.3, -0.25) is 0 Å². The van der Waals surface area contributed by atoms with Crippen molar-refractivity contribution in [3.05, 3.63) is 20.8 Å². The molecule has 1 aliphatic rings. The van der Waals surface area contributed by atoms with Crippen LogP contribution in [0.1, 0.15) is 17.7 Å². The highest BCUT2D eigenvalue weighted by Gasteiger charge is 2.32. The van der Waals surface area contributed by atoms with Gasteiger partial charge in [0, 0.05) is 17.8 Å². The van der Waals surface area contributed by atoms with E-state index < -0.39 is 5.67 Å². The molecule has 1 N–H and O–H groups in total. The smallest absolute Gasteiger partial charge is 0.128 e. The summed E-state index contributed by atoms with van der Waals surface area (Å²) in [5.74, 6) is 0. The molecule has 1 saturated heterocycles. The minimum Gasteiger partial charge on any atom is -0.314 e. The zero-order valence-electron chi connectivity index (χ0n) is 7.85. The Hall–Kier alpha value is 0.0700. The first-order valence-electron chi connectivity index (χ1n) is 4.82. The molecule has 14 heavy (non-hydrogen) atoms. The van der Waals surface area contributed by atoms with E-state index in [1.165, 1.54) is 0 Å². The summed E-state index contributed by atoms with van der Waals surface area (Å²) >= 11 is 5.02. The summed E-state index contributed by atoms with van der Waals surface area (Å²) in [4.78, 5) is 1.13. The minimum atomic E-state index is -1.03. The summed E-state index contributed by atoms with van der Waals surface area (Å²) in [6, 6.07) is 3.99. The van der Waals surface area contributed by atoms with E-state index in [9.17, 15) is 4.39 Å². The molecule has 1 nitrogen and oxygen atoms in total. The number of rotatable bonds is 2. The van der Waals surface area contributed by atoms with Crippen molar-refractivity contribution < 1.29 is 4.39 Å². The maximum Gasteiger partial charge on any atom is 0.128 e. The first-order chi connectivity index (χ1) is 6.68. The molecule has 1 aliphatic heterocycles. The van der Waals surface area contributed by atoms with Crippen LogP contribution >= 0.6 is 27.3 Å². The summed E-state index contributed by atoms with van der Waals surface area (Å²) in [5.41, 5.74) is -1.03. The fourth-order valence-electron chi connectivity index (χ4n) is 1.84. The first-order valence-corrected chi connectivity index (χ1v) is 6.43. The Labute approximate surface area is 95.8 Å². The summed E-state index contributed by atoms with van der Waals surface area (Å²) in [6.07, 6.45) is 2.19. The summed E-state index contributed by atoms with van der Waals surface area (Å²) < 4.78 is 15.3. The van der Waals surface area contributed by atoms with E-state index in [0.29, 0.717) is 19.4 Å². The zero-order valence-corrected chi connectivity index (χ0v) is 10.3. The summed E-state index contributed by atoms with van der Waals surface area (Å²) in [6.45, 7) is 1.46. The van der Waals surface area contributed by atoms with Gasteiger partial charge in [0.15, 0.2) is 0 Å². The molecule has 1 aromatic rings. The number of hydrogen-bond acceptors (Lipinski definition) is 2. The van der Waals surface area contributed by atoms with E-state index in [1.807, 2.05) is 12.1 Å². The minimum absolute atomic E-state index is 0.502. The molecule has 0 radical (unpaired) electrons. The molecule has 0 amide bonds. The lowest BCUT2D eigenvalue weighted by Gasteiger charge is -2.29. The van der Waals surface area contributed by atoms with Gasteiger partial charge in [-0.1, -0.05) is 0 Å². The molecule has 1 atom stereocenters. The van der Waals surface area contributed by atoms with Gasteiger partial charge in [-0.05, 0) is 47.4 Å². The van der Waals surface area contributed by atoms with Crippen molar-refractivity contribution in [3.63, 3.8) is 0 Å². The van der Waals surface area contributed by atoms with Gasteiger partial charge in [0.2, 0.25) is 0 Å². The molecule has 1 aromatic heterocycles. The van der Waals surface area contributed by atoms with Crippen LogP contribution in [0, 0.1) is 0 Å². The van der Waals surface area contributed by atoms with Crippen LogP contribution in [-0.4, -0.2) is 18.8 Å². The lowest BCUT2D eigenvalue weighted by atomic mass is 9.92. The standard InChI is InChI=1S/C10H13BrFNS/c11-9-3-2-8(14-9)6-10(12)4-1-5-13-7-10/h2-3,13H,1,4-7H2. The molecular formula is C10H13BrFNS. The molecule has 0 saturated carbocycles. The fourth-order valence-corrected chi connectivity index (χ4v) is 3.45. The molecule has 0 bridgehead atoms. The highest BCUT2D eigenvalue weighted by Crippen LogP contribution is 2.30. The van der Waals surface area contributed by atoms with Crippen LogP contribution in [-0.2, 0) is 6.42 Å². The number of thiophene rings is 1. The molecule has 4 heteroatoms. The van der Waals surface area contributed by atoms with E-state index in [0.717, 1.165) is 21.6 Å². The largest absolute Gasteiger partial charge is 0.314 e. The lowest BCUT2D eigenvalue weighted by molar-refractivity contribution is 0.123. The summed E-state index contributed by atoms with van der Waals surface area (Å²) in [5, 5.41) is 3.12. The van der Waals surface area contributed by atoms with Crippen molar-refractivity contribution in [3.8, 4) is 0 Å². The third-order valence-corrected chi connectivity index (χ3v) is 4.16. The van der Waals surface area contributed by atoms with Crippen LogP contribution < -0.4 is 5.32 Å². The van der Waals surface area contributed by atoms with Crippen LogP contribution in [0.2, 0.25) is 0 Å². The van der Waals surface area contributed by atoms with Gasteiger partial charge in [0.05, 0.1) is 3.79 Å². The normalized spacial score (nSPS) is 27.9. The maximum atomic E-state index is 14.2. The van der Waals surface area contributed by atoms with E-state index in [1.54, 1.807) is 11.3 Å². The predicted molar refractivity (Wildman–Crippen MR) is 61.7 cm³/mol. The van der Waals surface area contributed by atoms with Crippen molar-refractivity contribution in [1.82, 2.24) is 5.32 Å². The SMILES string of the molecule is FC1(Cc2ccc(Br)s2)CCCNC1. The van der Waals surface area contributed by atoms with E-state index in [4.69, 9.17) is 0 Å². The fraction of sp³-hybridized carbons (Fsp3) is 0.600. The second kappa shape index (κ2) is 4.29. The van der Waals surface area contributed by atoms with Gasteiger partial charge in [-0.25, -0.2) is 4.39 Å². The highest BCUT2D eigenvalue weighted by atomic mass is 79.9. The molecule has 1 unspecified atom stereocenters. The molecule has 1 fully saturated rings. The molecule has 0 aromatic carbocycles.